The molecule has 3 rings (SSSR count). The van der Waals surface area contributed by atoms with E-state index in [1.807, 2.05) is 0 Å². The first-order valence-corrected chi connectivity index (χ1v) is 6.77. The van der Waals surface area contributed by atoms with Crippen LogP contribution in [0.2, 0.25) is 0 Å². The Morgan fingerprint density at radius 1 is 0.947 bits per heavy atom. The van der Waals surface area contributed by atoms with Crippen LogP contribution in [0.25, 0.3) is 10.9 Å². The molecule has 1 aromatic heterocycles. The van der Waals surface area contributed by atoms with Gasteiger partial charge in [-0.2, -0.15) is 0 Å². The molecule has 0 unspecified atom stereocenters. The van der Waals surface area contributed by atoms with E-state index < -0.39 is 4.92 Å². The molecule has 1 aliphatic rings. The first-order valence-electron chi connectivity index (χ1n) is 6.77. The number of nitro groups is 1. The molecule has 1 fully saturated rings. The lowest BCUT2D eigenvalue weighted by Gasteiger charge is -2.05. The predicted molar refractivity (Wildman–Crippen MR) is 76.1 cm³/mol. The molecule has 0 atom stereocenters. The second-order valence-electron chi connectivity index (χ2n) is 4.73. The summed E-state index contributed by atoms with van der Waals surface area (Å²) < 4.78 is 0. The average Bonchev–Trinajstić information content (AvgIpc) is 2.49. The SMILES string of the molecule is C1CCCCC1.O=[N+]([O-])c1cccc2cccnc12. The van der Waals surface area contributed by atoms with Crippen LogP contribution in [0.4, 0.5) is 5.69 Å². The highest BCUT2D eigenvalue weighted by atomic mass is 16.6. The van der Waals surface area contributed by atoms with Crippen molar-refractivity contribution >= 4 is 16.6 Å². The van der Waals surface area contributed by atoms with Gasteiger partial charge >= 0.3 is 0 Å². The molecule has 1 aliphatic carbocycles. The number of para-hydroxylation sites is 1. The van der Waals surface area contributed by atoms with Gasteiger partial charge in [-0.05, 0) is 6.07 Å². The minimum Gasteiger partial charge on any atom is -0.258 e. The summed E-state index contributed by atoms with van der Waals surface area (Å²) in [6, 6.07) is 8.47. The highest BCUT2D eigenvalue weighted by Gasteiger charge is 2.10. The second-order valence-corrected chi connectivity index (χ2v) is 4.73. The number of pyridine rings is 1. The monoisotopic (exact) mass is 258 g/mol. The van der Waals surface area contributed by atoms with Crippen LogP contribution in [0, 0.1) is 10.1 Å². The highest BCUT2D eigenvalue weighted by molar-refractivity contribution is 5.86. The molecule has 0 amide bonds. The third-order valence-corrected chi connectivity index (χ3v) is 3.31. The minimum absolute atomic E-state index is 0.0538. The zero-order valence-electron chi connectivity index (χ0n) is 10.9. The summed E-state index contributed by atoms with van der Waals surface area (Å²) in [6.07, 6.45) is 10.6. The summed E-state index contributed by atoms with van der Waals surface area (Å²) in [7, 11) is 0. The Labute approximate surface area is 112 Å². The number of nitro benzene ring substituents is 1. The normalized spacial score (nSPS) is 14.5. The number of benzene rings is 1. The molecule has 100 valence electrons. The van der Waals surface area contributed by atoms with Crippen molar-refractivity contribution in [2.45, 2.75) is 38.5 Å². The fourth-order valence-electron chi connectivity index (χ4n) is 2.30. The van der Waals surface area contributed by atoms with Crippen LogP contribution in [0.3, 0.4) is 0 Å². The average molecular weight is 258 g/mol. The van der Waals surface area contributed by atoms with Gasteiger partial charge in [-0.3, -0.25) is 10.1 Å². The Kier molecular flexibility index (Phi) is 4.84. The van der Waals surface area contributed by atoms with E-state index in [1.165, 1.54) is 44.6 Å². The molecule has 4 nitrogen and oxygen atoms in total. The van der Waals surface area contributed by atoms with Gasteiger partial charge < -0.3 is 0 Å². The Balaban J connectivity index is 0.000000186. The molecule has 0 radical (unpaired) electrons. The first kappa shape index (κ1) is 13.5. The maximum absolute atomic E-state index is 10.6. The van der Waals surface area contributed by atoms with Gasteiger partial charge in [-0.1, -0.05) is 56.7 Å². The van der Waals surface area contributed by atoms with Gasteiger partial charge in [0.25, 0.3) is 5.69 Å². The fourth-order valence-corrected chi connectivity index (χ4v) is 2.30. The lowest BCUT2D eigenvalue weighted by molar-refractivity contribution is -0.383. The van der Waals surface area contributed by atoms with Gasteiger partial charge in [0.2, 0.25) is 0 Å². The van der Waals surface area contributed by atoms with E-state index in [4.69, 9.17) is 0 Å². The topological polar surface area (TPSA) is 56.0 Å². The molecule has 0 bridgehead atoms. The van der Waals surface area contributed by atoms with Gasteiger partial charge in [-0.25, -0.2) is 4.98 Å². The lowest BCUT2D eigenvalue weighted by Crippen LogP contribution is -1.90. The molecule has 19 heavy (non-hydrogen) atoms. The van der Waals surface area contributed by atoms with E-state index in [9.17, 15) is 10.1 Å². The fraction of sp³-hybridized carbons (Fsp3) is 0.400. The number of aromatic nitrogens is 1. The maximum atomic E-state index is 10.6. The minimum atomic E-state index is -0.421. The largest absolute Gasteiger partial charge is 0.295 e. The van der Waals surface area contributed by atoms with Crippen molar-refractivity contribution < 1.29 is 4.92 Å². The zero-order chi connectivity index (χ0) is 13.5. The lowest BCUT2D eigenvalue weighted by atomic mass is 10.0. The molecular formula is C15H18N2O2. The summed E-state index contributed by atoms with van der Waals surface area (Å²) >= 11 is 0. The first-order chi connectivity index (χ1) is 9.29. The zero-order valence-corrected chi connectivity index (χ0v) is 10.9. The Hall–Kier alpha value is -1.97. The Bertz CT molecular complexity index is 534. The van der Waals surface area contributed by atoms with Crippen molar-refractivity contribution in [3.63, 3.8) is 0 Å². The summed E-state index contributed by atoms with van der Waals surface area (Å²) in [6.45, 7) is 0. The van der Waals surface area contributed by atoms with Crippen LogP contribution >= 0.6 is 0 Å². The standard InChI is InChI=1S/C9H6N2O2.C6H12/c12-11(13)8-5-1-3-7-4-2-6-10-9(7)8;1-2-4-6-5-3-1/h1-6H;1-6H2. The van der Waals surface area contributed by atoms with Gasteiger partial charge in [0.05, 0.1) is 4.92 Å². The smallest absolute Gasteiger partial charge is 0.258 e. The van der Waals surface area contributed by atoms with Gasteiger partial charge in [-0.15, -0.1) is 0 Å². The number of hydrogen-bond acceptors (Lipinski definition) is 3. The van der Waals surface area contributed by atoms with Crippen LogP contribution in [0.5, 0.6) is 0 Å². The van der Waals surface area contributed by atoms with Crippen molar-refractivity contribution in [3.05, 3.63) is 46.6 Å². The quantitative estimate of drug-likeness (QED) is 0.559. The second kappa shape index (κ2) is 6.83. The molecule has 0 saturated heterocycles. The van der Waals surface area contributed by atoms with E-state index in [1.54, 1.807) is 30.5 Å². The molecular weight excluding hydrogens is 240 g/mol. The Morgan fingerprint density at radius 2 is 1.53 bits per heavy atom. The maximum Gasteiger partial charge on any atom is 0.295 e. The summed E-state index contributed by atoms with van der Waals surface area (Å²) in [5.74, 6) is 0. The molecule has 0 N–H and O–H groups in total. The summed E-state index contributed by atoms with van der Waals surface area (Å²) in [5, 5.41) is 11.4. The van der Waals surface area contributed by atoms with Crippen LogP contribution in [-0.4, -0.2) is 9.91 Å². The van der Waals surface area contributed by atoms with Gasteiger partial charge in [0.15, 0.2) is 0 Å². The van der Waals surface area contributed by atoms with Crippen molar-refractivity contribution in [1.82, 2.24) is 4.98 Å². The van der Waals surface area contributed by atoms with Crippen LogP contribution < -0.4 is 0 Å². The number of rotatable bonds is 1. The van der Waals surface area contributed by atoms with Crippen LogP contribution in [0.15, 0.2) is 36.5 Å². The van der Waals surface area contributed by atoms with E-state index in [-0.39, 0.29) is 5.69 Å². The van der Waals surface area contributed by atoms with Gasteiger partial charge in [0, 0.05) is 17.6 Å². The molecule has 1 aromatic carbocycles. The van der Waals surface area contributed by atoms with Gasteiger partial charge in [0.1, 0.15) is 5.52 Å². The van der Waals surface area contributed by atoms with E-state index >= 15 is 0 Å². The highest BCUT2D eigenvalue weighted by Crippen LogP contribution is 2.22. The molecule has 1 saturated carbocycles. The third-order valence-electron chi connectivity index (χ3n) is 3.31. The number of nitrogens with zero attached hydrogens (tertiary/aromatic N) is 2. The molecule has 0 spiro atoms. The third kappa shape index (κ3) is 3.74. The van der Waals surface area contributed by atoms with E-state index in [0.29, 0.717) is 5.52 Å². The predicted octanol–water partition coefficient (Wildman–Crippen LogP) is 4.48. The molecule has 4 heteroatoms. The van der Waals surface area contributed by atoms with Crippen molar-refractivity contribution in [2.24, 2.45) is 0 Å². The van der Waals surface area contributed by atoms with E-state index in [2.05, 4.69) is 4.98 Å². The molecule has 1 heterocycles. The van der Waals surface area contributed by atoms with Crippen LogP contribution in [-0.2, 0) is 0 Å². The Morgan fingerprint density at radius 3 is 2.11 bits per heavy atom. The summed E-state index contributed by atoms with van der Waals surface area (Å²) in [4.78, 5) is 14.1. The number of hydrogen-bond donors (Lipinski definition) is 0. The number of non-ortho nitro benzene ring substituents is 1. The van der Waals surface area contributed by atoms with Crippen molar-refractivity contribution in [1.29, 1.82) is 0 Å². The van der Waals surface area contributed by atoms with Crippen molar-refractivity contribution in [2.75, 3.05) is 0 Å². The molecule has 2 aromatic rings. The summed E-state index contributed by atoms with van der Waals surface area (Å²) in [5.41, 5.74) is 0.494. The number of fused-ring (bicyclic) bond motifs is 1. The van der Waals surface area contributed by atoms with Crippen LogP contribution in [0.1, 0.15) is 38.5 Å². The molecule has 0 aliphatic heterocycles. The van der Waals surface area contributed by atoms with E-state index in [0.717, 1.165) is 5.39 Å². The van der Waals surface area contributed by atoms with Crippen molar-refractivity contribution in [3.8, 4) is 0 Å².